The molecule has 0 radical (unpaired) electrons. The summed E-state index contributed by atoms with van der Waals surface area (Å²) >= 11 is 11.5. The molecule has 1 aromatic carbocycles. The molecule has 0 aliphatic carbocycles. The minimum Gasteiger partial charge on any atom is -0.272 e. The molecular formula is C11H8Cl2N4O2S. The second-order valence-electron chi connectivity index (χ2n) is 3.89. The molecule has 1 N–H and O–H groups in total. The molecule has 0 saturated heterocycles. The highest BCUT2D eigenvalue weighted by atomic mass is 35.5. The quantitative estimate of drug-likeness (QED) is 0.935. The topological polar surface area (TPSA) is 87.8 Å². The highest BCUT2D eigenvalue weighted by Gasteiger charge is 2.19. The van der Waals surface area contributed by atoms with E-state index in [9.17, 15) is 8.42 Å². The lowest BCUT2D eigenvalue weighted by Crippen LogP contribution is -2.14. The summed E-state index contributed by atoms with van der Waals surface area (Å²) in [5, 5.41) is 13.2. The number of halogens is 2. The summed E-state index contributed by atoms with van der Waals surface area (Å²) < 4.78 is 28.0. The van der Waals surface area contributed by atoms with Crippen LogP contribution in [0.5, 0.6) is 0 Å². The van der Waals surface area contributed by atoms with E-state index < -0.39 is 10.0 Å². The van der Waals surface area contributed by atoms with Gasteiger partial charge in [0.25, 0.3) is 10.0 Å². The third-order valence-electron chi connectivity index (χ3n) is 2.33. The van der Waals surface area contributed by atoms with Crippen LogP contribution in [-0.2, 0) is 17.1 Å². The maximum absolute atomic E-state index is 12.2. The van der Waals surface area contributed by atoms with E-state index in [0.717, 1.165) is 0 Å². The molecule has 9 heteroatoms. The van der Waals surface area contributed by atoms with Crippen LogP contribution in [-0.4, -0.2) is 18.2 Å². The van der Waals surface area contributed by atoms with Crippen LogP contribution in [0.25, 0.3) is 0 Å². The first-order chi connectivity index (χ1) is 9.31. The molecule has 0 saturated carbocycles. The van der Waals surface area contributed by atoms with E-state index in [1.54, 1.807) is 7.05 Å². The van der Waals surface area contributed by atoms with Crippen molar-refractivity contribution in [2.24, 2.45) is 7.05 Å². The van der Waals surface area contributed by atoms with E-state index in [2.05, 4.69) is 9.82 Å². The van der Waals surface area contributed by atoms with Crippen LogP contribution in [0.1, 0.15) is 5.56 Å². The summed E-state index contributed by atoms with van der Waals surface area (Å²) in [5.74, 6) is -0.0499. The van der Waals surface area contributed by atoms with Gasteiger partial charge in [0.1, 0.15) is 11.6 Å². The van der Waals surface area contributed by atoms with Crippen LogP contribution in [0.15, 0.2) is 29.3 Å². The number of nitrogens with one attached hydrogen (secondary N) is 1. The number of rotatable bonds is 3. The Morgan fingerprint density at radius 3 is 2.45 bits per heavy atom. The summed E-state index contributed by atoms with van der Waals surface area (Å²) in [6.45, 7) is 0. The van der Waals surface area contributed by atoms with Gasteiger partial charge in [0.2, 0.25) is 0 Å². The second-order valence-corrected chi connectivity index (χ2v) is 6.44. The fourth-order valence-electron chi connectivity index (χ4n) is 1.52. The molecule has 0 bridgehead atoms. The molecule has 6 nitrogen and oxygen atoms in total. The number of anilines is 1. The molecule has 0 aliphatic heterocycles. The van der Waals surface area contributed by atoms with E-state index in [4.69, 9.17) is 28.5 Å². The maximum atomic E-state index is 12.2. The van der Waals surface area contributed by atoms with Crippen LogP contribution in [0, 0.1) is 11.3 Å². The van der Waals surface area contributed by atoms with Crippen LogP contribution < -0.4 is 4.72 Å². The van der Waals surface area contributed by atoms with E-state index in [1.807, 2.05) is 6.07 Å². The zero-order valence-electron chi connectivity index (χ0n) is 10.1. The molecule has 1 heterocycles. The average Bonchev–Trinajstić information content (AvgIpc) is 2.67. The lowest BCUT2D eigenvalue weighted by molar-refractivity contribution is 0.601. The van der Waals surface area contributed by atoms with Gasteiger partial charge in [0.05, 0.1) is 4.90 Å². The van der Waals surface area contributed by atoms with Gasteiger partial charge in [0.15, 0.2) is 5.82 Å². The Morgan fingerprint density at radius 2 is 1.90 bits per heavy atom. The number of hydrogen-bond donors (Lipinski definition) is 1. The first-order valence-electron chi connectivity index (χ1n) is 5.24. The van der Waals surface area contributed by atoms with Crippen LogP contribution in [0.4, 0.5) is 5.82 Å². The van der Waals surface area contributed by atoms with Gasteiger partial charge in [-0.25, -0.2) is 8.42 Å². The number of benzene rings is 1. The van der Waals surface area contributed by atoms with Crippen molar-refractivity contribution in [1.29, 1.82) is 5.26 Å². The number of sulfonamides is 1. The number of hydrogen-bond acceptors (Lipinski definition) is 4. The zero-order valence-corrected chi connectivity index (χ0v) is 12.5. The molecule has 0 aliphatic rings. The van der Waals surface area contributed by atoms with E-state index in [-0.39, 0.29) is 26.3 Å². The van der Waals surface area contributed by atoms with Crippen molar-refractivity contribution in [2.45, 2.75) is 4.90 Å². The second kappa shape index (κ2) is 5.32. The fourth-order valence-corrected chi connectivity index (χ4v) is 3.26. The van der Waals surface area contributed by atoms with Crippen molar-refractivity contribution >= 4 is 39.0 Å². The molecule has 104 valence electrons. The van der Waals surface area contributed by atoms with Crippen molar-refractivity contribution in [3.8, 4) is 6.07 Å². The molecule has 0 atom stereocenters. The first kappa shape index (κ1) is 14.7. The Balaban J connectivity index is 2.43. The third kappa shape index (κ3) is 3.04. The standard InChI is InChI=1S/C11H8Cl2N4O2S/c1-17-6-7(5-14)11(15-17)16-20(18,19)10-3-8(12)2-9(13)4-10/h2-4,6H,1H3,(H,15,16). The van der Waals surface area contributed by atoms with Gasteiger partial charge in [-0.2, -0.15) is 10.4 Å². The number of nitriles is 1. The normalized spacial score (nSPS) is 11.1. The molecule has 20 heavy (non-hydrogen) atoms. The summed E-state index contributed by atoms with van der Waals surface area (Å²) in [6.07, 6.45) is 1.41. The van der Waals surface area contributed by atoms with Crippen molar-refractivity contribution in [2.75, 3.05) is 4.72 Å². The summed E-state index contributed by atoms with van der Waals surface area (Å²) in [5.41, 5.74) is 0.115. The lowest BCUT2D eigenvalue weighted by Gasteiger charge is -2.06. The van der Waals surface area contributed by atoms with E-state index in [1.165, 1.54) is 29.1 Å². The van der Waals surface area contributed by atoms with Crippen molar-refractivity contribution in [3.63, 3.8) is 0 Å². The Morgan fingerprint density at radius 1 is 1.30 bits per heavy atom. The van der Waals surface area contributed by atoms with Gasteiger partial charge >= 0.3 is 0 Å². The van der Waals surface area contributed by atoms with Crippen LogP contribution in [0.2, 0.25) is 10.0 Å². The molecule has 2 aromatic rings. The van der Waals surface area contributed by atoms with Gasteiger partial charge in [-0.1, -0.05) is 23.2 Å². The molecule has 0 fully saturated rings. The molecule has 0 amide bonds. The Hall–Kier alpha value is -1.75. The van der Waals surface area contributed by atoms with Gasteiger partial charge in [-0.3, -0.25) is 9.40 Å². The van der Waals surface area contributed by atoms with Crippen molar-refractivity contribution < 1.29 is 8.42 Å². The van der Waals surface area contributed by atoms with Gasteiger partial charge < -0.3 is 0 Å². The molecule has 2 rings (SSSR count). The number of aromatic nitrogens is 2. The van der Waals surface area contributed by atoms with E-state index >= 15 is 0 Å². The third-order valence-corrected chi connectivity index (χ3v) is 4.08. The highest BCUT2D eigenvalue weighted by Crippen LogP contribution is 2.24. The molecule has 1 aromatic heterocycles. The molecular weight excluding hydrogens is 323 g/mol. The summed E-state index contributed by atoms with van der Waals surface area (Å²) in [6, 6.07) is 5.78. The molecule has 0 spiro atoms. The smallest absolute Gasteiger partial charge is 0.263 e. The van der Waals surface area contributed by atoms with Gasteiger partial charge in [0, 0.05) is 23.3 Å². The first-order valence-corrected chi connectivity index (χ1v) is 7.48. The maximum Gasteiger partial charge on any atom is 0.263 e. The van der Waals surface area contributed by atoms with Crippen molar-refractivity contribution in [3.05, 3.63) is 40.0 Å². The Labute approximate surface area is 125 Å². The minimum atomic E-state index is -3.92. The van der Waals surface area contributed by atoms with Gasteiger partial charge in [-0.15, -0.1) is 0 Å². The van der Waals surface area contributed by atoms with Crippen LogP contribution in [0.3, 0.4) is 0 Å². The molecule has 0 unspecified atom stereocenters. The SMILES string of the molecule is Cn1cc(C#N)c(NS(=O)(=O)c2cc(Cl)cc(Cl)c2)n1. The summed E-state index contributed by atoms with van der Waals surface area (Å²) in [7, 11) is -2.35. The Bertz CT molecular complexity index is 788. The average molecular weight is 331 g/mol. The van der Waals surface area contributed by atoms with E-state index in [0.29, 0.717) is 0 Å². The van der Waals surface area contributed by atoms with Crippen molar-refractivity contribution in [1.82, 2.24) is 9.78 Å². The van der Waals surface area contributed by atoms with Crippen LogP contribution >= 0.6 is 23.2 Å². The minimum absolute atomic E-state index is 0.0499. The predicted molar refractivity (Wildman–Crippen MR) is 75.2 cm³/mol. The largest absolute Gasteiger partial charge is 0.272 e. The lowest BCUT2D eigenvalue weighted by atomic mass is 10.4. The number of aryl methyl sites for hydroxylation is 1. The van der Waals surface area contributed by atoms with Gasteiger partial charge in [-0.05, 0) is 18.2 Å². The Kier molecular flexibility index (Phi) is 3.90. The predicted octanol–water partition coefficient (Wildman–Crippen LogP) is 2.40. The number of nitrogens with zero attached hydrogens (tertiary/aromatic N) is 3. The highest BCUT2D eigenvalue weighted by molar-refractivity contribution is 7.92. The fraction of sp³-hybridized carbons (Fsp3) is 0.0909. The monoisotopic (exact) mass is 330 g/mol. The summed E-state index contributed by atoms with van der Waals surface area (Å²) in [4.78, 5) is -0.107. The zero-order chi connectivity index (χ0) is 14.9.